The van der Waals surface area contributed by atoms with Crippen LogP contribution in [0.2, 0.25) is 10.0 Å². The lowest BCUT2D eigenvalue weighted by Crippen LogP contribution is -2.12. The maximum atomic E-state index is 11.0. The van der Waals surface area contributed by atoms with Crippen molar-refractivity contribution in [3.63, 3.8) is 0 Å². The molecule has 2 aromatic heterocycles. The van der Waals surface area contributed by atoms with Gasteiger partial charge in [-0.2, -0.15) is 0 Å². The number of oxazole rings is 2. The molecule has 60 heavy (non-hydrogen) atoms. The van der Waals surface area contributed by atoms with Crippen molar-refractivity contribution in [2.75, 3.05) is 11.9 Å². The van der Waals surface area contributed by atoms with Gasteiger partial charge in [0.15, 0.2) is 11.5 Å². The molecule has 0 aliphatic carbocycles. The molecule has 0 spiro atoms. The van der Waals surface area contributed by atoms with E-state index in [1.54, 1.807) is 0 Å². The zero-order valence-electron chi connectivity index (χ0n) is 31.7. The van der Waals surface area contributed by atoms with E-state index in [2.05, 4.69) is 27.9 Å². The summed E-state index contributed by atoms with van der Waals surface area (Å²) in [5, 5.41) is 13.2. The van der Waals surface area contributed by atoms with E-state index in [1.807, 2.05) is 182 Å². The van der Waals surface area contributed by atoms with Gasteiger partial charge in [-0.25, -0.2) is 9.97 Å². The Kier molecular flexibility index (Phi) is 12.5. The van der Waals surface area contributed by atoms with E-state index in [4.69, 9.17) is 47.1 Å². The molecule has 9 rings (SSSR count). The number of aromatic nitrogens is 2. The molecule has 10 heteroatoms. The van der Waals surface area contributed by atoms with Gasteiger partial charge in [-0.1, -0.05) is 157 Å². The second-order valence-corrected chi connectivity index (χ2v) is 15.5. The van der Waals surface area contributed by atoms with Crippen LogP contribution in [-0.4, -0.2) is 27.6 Å². The third kappa shape index (κ3) is 9.37. The number of nitrogens with one attached hydrogen (secondary N) is 1. The van der Waals surface area contributed by atoms with E-state index in [-0.39, 0.29) is 6.54 Å². The normalized spacial score (nSPS) is 10.8. The maximum Gasteiger partial charge on any atom is 0.322 e. The standard InChI is InChI=1S/C29H21ClN2O3.C21H13ClINO/c30-22-14-15-24(25(17-22)21-12-7-13-23(16-21)31-18-26(33)34)29-32-27(19-8-3-1-4-9-19)28(35-29)20-10-5-2-6-11-20;22-16-11-12-17(18(23)13-16)21-24-19(14-7-3-1-4-8-14)20(25-21)15-9-5-2-6-10-15/h1-17,31H,18H2,(H,33,34);1-13H. The molecule has 0 atom stereocenters. The minimum absolute atomic E-state index is 0.174. The summed E-state index contributed by atoms with van der Waals surface area (Å²) in [6, 6.07) is 58.8. The average molecular weight is 939 g/mol. The van der Waals surface area contributed by atoms with Gasteiger partial charge in [0.05, 0.1) is 5.56 Å². The Morgan fingerprint density at radius 1 is 0.517 bits per heavy atom. The molecule has 9 aromatic rings. The second kappa shape index (κ2) is 18.6. The topological polar surface area (TPSA) is 101 Å². The number of hydrogen-bond donors (Lipinski definition) is 2. The van der Waals surface area contributed by atoms with E-state index in [1.165, 1.54) is 0 Å². The van der Waals surface area contributed by atoms with Gasteiger partial charge in [0.1, 0.15) is 17.9 Å². The number of rotatable bonds is 10. The van der Waals surface area contributed by atoms with Gasteiger partial charge in [-0.3, -0.25) is 4.79 Å². The largest absolute Gasteiger partial charge is 0.480 e. The van der Waals surface area contributed by atoms with Crippen LogP contribution in [0.5, 0.6) is 0 Å². The van der Waals surface area contributed by atoms with Crippen molar-refractivity contribution in [2.45, 2.75) is 0 Å². The first-order chi connectivity index (χ1) is 29.3. The molecule has 0 saturated heterocycles. The molecule has 0 saturated carbocycles. The summed E-state index contributed by atoms with van der Waals surface area (Å²) in [4.78, 5) is 20.7. The van der Waals surface area contributed by atoms with E-state index in [0.717, 1.165) is 65.2 Å². The van der Waals surface area contributed by atoms with Crippen LogP contribution in [0.15, 0.2) is 191 Å². The predicted octanol–water partition coefficient (Wildman–Crippen LogP) is 14.4. The van der Waals surface area contributed by atoms with Gasteiger partial charge in [0, 0.05) is 47.1 Å². The van der Waals surface area contributed by atoms with Gasteiger partial charge in [-0.05, 0) is 82.2 Å². The highest BCUT2D eigenvalue weighted by Crippen LogP contribution is 2.41. The quantitative estimate of drug-likeness (QED) is 0.132. The highest BCUT2D eigenvalue weighted by Gasteiger charge is 2.22. The molecule has 7 nitrogen and oxygen atoms in total. The molecule has 0 fully saturated rings. The van der Waals surface area contributed by atoms with Crippen LogP contribution in [-0.2, 0) is 4.79 Å². The van der Waals surface area contributed by atoms with E-state index >= 15 is 0 Å². The molecule has 7 aromatic carbocycles. The van der Waals surface area contributed by atoms with Crippen LogP contribution in [0.3, 0.4) is 0 Å². The van der Waals surface area contributed by atoms with Crippen molar-refractivity contribution in [1.29, 1.82) is 0 Å². The van der Waals surface area contributed by atoms with Crippen LogP contribution in [0.25, 0.3) is 79.2 Å². The molecule has 2 heterocycles. The molecule has 0 radical (unpaired) electrons. The van der Waals surface area contributed by atoms with Crippen LogP contribution in [0.1, 0.15) is 0 Å². The minimum Gasteiger partial charge on any atom is -0.480 e. The zero-order valence-corrected chi connectivity index (χ0v) is 35.4. The molecular formula is C50H34Cl2IN3O4. The van der Waals surface area contributed by atoms with Crippen molar-refractivity contribution >= 4 is 57.4 Å². The van der Waals surface area contributed by atoms with Crippen molar-refractivity contribution < 1.29 is 18.7 Å². The molecule has 0 bridgehead atoms. The summed E-state index contributed by atoms with van der Waals surface area (Å²) in [6.45, 7) is -0.174. The lowest BCUT2D eigenvalue weighted by atomic mass is 9.99. The van der Waals surface area contributed by atoms with Crippen LogP contribution in [0.4, 0.5) is 5.69 Å². The fourth-order valence-electron chi connectivity index (χ4n) is 6.60. The third-order valence-corrected chi connectivity index (χ3v) is 10.8. The van der Waals surface area contributed by atoms with Gasteiger partial charge in [-0.15, -0.1) is 0 Å². The number of nitrogens with zero attached hydrogens (tertiary/aromatic N) is 2. The number of aliphatic carboxylic acids is 1. The van der Waals surface area contributed by atoms with Crippen LogP contribution < -0.4 is 5.32 Å². The SMILES string of the molecule is Clc1ccc(-c2nc(-c3ccccc3)c(-c3ccccc3)o2)c(I)c1.O=C(O)CNc1cccc(-c2cc(Cl)ccc2-c2nc(-c3ccccc3)c(-c3ccccc3)o2)c1. The van der Waals surface area contributed by atoms with Crippen molar-refractivity contribution in [2.24, 2.45) is 0 Å². The maximum absolute atomic E-state index is 11.0. The van der Waals surface area contributed by atoms with Gasteiger partial charge < -0.3 is 19.3 Å². The second-order valence-electron chi connectivity index (χ2n) is 13.5. The number of carboxylic acids is 1. The fraction of sp³-hybridized carbons (Fsp3) is 0.0200. The first kappa shape index (κ1) is 40.3. The van der Waals surface area contributed by atoms with Crippen LogP contribution in [0, 0.1) is 3.57 Å². The first-order valence-corrected chi connectivity index (χ1v) is 20.7. The predicted molar refractivity (Wildman–Crippen MR) is 250 cm³/mol. The Bertz CT molecular complexity index is 2770. The molecular weight excluding hydrogens is 904 g/mol. The summed E-state index contributed by atoms with van der Waals surface area (Å²) >= 11 is 14.7. The van der Waals surface area contributed by atoms with Gasteiger partial charge >= 0.3 is 5.97 Å². The highest BCUT2D eigenvalue weighted by atomic mass is 127. The Balaban J connectivity index is 0.000000176. The van der Waals surface area contributed by atoms with Gasteiger partial charge in [0.25, 0.3) is 0 Å². The molecule has 2 N–H and O–H groups in total. The average Bonchev–Trinajstić information content (AvgIpc) is 3.94. The monoisotopic (exact) mass is 937 g/mol. The summed E-state index contributed by atoms with van der Waals surface area (Å²) in [5.41, 5.74) is 9.61. The summed E-state index contributed by atoms with van der Waals surface area (Å²) in [5.74, 6) is 1.59. The zero-order chi connectivity index (χ0) is 41.4. The molecule has 0 unspecified atom stereocenters. The van der Waals surface area contributed by atoms with E-state index < -0.39 is 5.97 Å². The number of carboxylic acid groups (broad SMARTS) is 1. The smallest absolute Gasteiger partial charge is 0.322 e. The van der Waals surface area contributed by atoms with Gasteiger partial charge in [0.2, 0.25) is 11.8 Å². The number of anilines is 1. The third-order valence-electron chi connectivity index (χ3n) is 9.41. The van der Waals surface area contributed by atoms with Crippen molar-refractivity contribution in [3.05, 3.63) is 196 Å². The Hall–Kier alpha value is -6.46. The van der Waals surface area contributed by atoms with Crippen molar-refractivity contribution in [1.82, 2.24) is 9.97 Å². The van der Waals surface area contributed by atoms with E-state index in [9.17, 15) is 4.79 Å². The summed E-state index contributed by atoms with van der Waals surface area (Å²) in [6.07, 6.45) is 0. The van der Waals surface area contributed by atoms with Crippen LogP contribution >= 0.6 is 45.8 Å². The number of halogens is 3. The van der Waals surface area contributed by atoms with Crippen molar-refractivity contribution in [3.8, 4) is 79.2 Å². The number of carbonyl (C=O) groups is 1. The van der Waals surface area contributed by atoms with E-state index in [0.29, 0.717) is 33.3 Å². The molecule has 294 valence electrons. The number of benzene rings is 7. The molecule has 0 aliphatic rings. The molecule has 0 aliphatic heterocycles. The summed E-state index contributed by atoms with van der Waals surface area (Å²) in [7, 11) is 0. The lowest BCUT2D eigenvalue weighted by molar-refractivity contribution is -0.134. The first-order valence-electron chi connectivity index (χ1n) is 18.9. The highest BCUT2D eigenvalue weighted by molar-refractivity contribution is 14.1. The summed E-state index contributed by atoms with van der Waals surface area (Å²) < 4.78 is 13.6. The Morgan fingerprint density at radius 2 is 0.967 bits per heavy atom. The fourth-order valence-corrected chi connectivity index (χ4v) is 7.88. The lowest BCUT2D eigenvalue weighted by Gasteiger charge is -2.10. The molecule has 0 amide bonds. The Morgan fingerprint density at radius 3 is 1.47 bits per heavy atom. The number of hydrogen-bond acceptors (Lipinski definition) is 6. The minimum atomic E-state index is -0.930. The Labute approximate surface area is 370 Å².